The number of fused-ring (bicyclic) bond motifs is 1. The van der Waals surface area contributed by atoms with Crippen molar-refractivity contribution in [2.75, 3.05) is 25.6 Å². The molecule has 6 heteroatoms. The van der Waals surface area contributed by atoms with Crippen molar-refractivity contribution in [2.24, 2.45) is 0 Å². The van der Waals surface area contributed by atoms with Gasteiger partial charge in [0.25, 0.3) is 5.91 Å². The van der Waals surface area contributed by atoms with Crippen molar-refractivity contribution in [1.82, 2.24) is 5.32 Å². The molecule has 1 amide bonds. The molecule has 0 saturated carbocycles. The minimum Gasteiger partial charge on any atom is -0.497 e. The summed E-state index contributed by atoms with van der Waals surface area (Å²) in [6.07, 6.45) is 1.89. The summed E-state index contributed by atoms with van der Waals surface area (Å²) >= 11 is 0. The van der Waals surface area contributed by atoms with E-state index >= 15 is 0 Å². The van der Waals surface area contributed by atoms with Gasteiger partial charge in [-0.2, -0.15) is 0 Å². The van der Waals surface area contributed by atoms with Crippen LogP contribution >= 0.6 is 0 Å². The molecule has 2 N–H and O–H groups in total. The summed E-state index contributed by atoms with van der Waals surface area (Å²) in [5, 5.41) is 6.24. The van der Waals surface area contributed by atoms with Crippen molar-refractivity contribution < 1.29 is 19.1 Å². The molecular formula is C23H26N2O4. The van der Waals surface area contributed by atoms with E-state index in [2.05, 4.69) is 10.6 Å². The number of rotatable bonds is 7. The number of allylic oxidation sites excluding steroid dienone is 1. The van der Waals surface area contributed by atoms with Crippen molar-refractivity contribution in [3.8, 4) is 5.75 Å². The number of amides is 1. The summed E-state index contributed by atoms with van der Waals surface area (Å²) in [6, 6.07) is 14.9. The van der Waals surface area contributed by atoms with Crippen molar-refractivity contribution in [1.29, 1.82) is 0 Å². The quantitative estimate of drug-likeness (QED) is 0.553. The van der Waals surface area contributed by atoms with Crippen LogP contribution in [0.1, 0.15) is 35.7 Å². The predicted molar refractivity (Wildman–Crippen MR) is 112 cm³/mol. The van der Waals surface area contributed by atoms with Gasteiger partial charge in [0.05, 0.1) is 19.3 Å². The average Bonchev–Trinajstić information content (AvgIpc) is 2.76. The molecule has 3 rings (SSSR count). The number of methoxy groups -OCH3 is 1. The maximum atomic E-state index is 12.5. The first-order chi connectivity index (χ1) is 14.1. The zero-order valence-electron chi connectivity index (χ0n) is 16.8. The molecule has 0 aliphatic carbocycles. The fraction of sp³-hybridized carbons (Fsp3) is 0.304. The van der Waals surface area contributed by atoms with Crippen LogP contribution in [0.25, 0.3) is 0 Å². The highest BCUT2D eigenvalue weighted by molar-refractivity contribution is 5.94. The van der Waals surface area contributed by atoms with Crippen LogP contribution in [0.5, 0.6) is 5.75 Å². The van der Waals surface area contributed by atoms with Gasteiger partial charge >= 0.3 is 5.97 Å². The number of benzene rings is 2. The summed E-state index contributed by atoms with van der Waals surface area (Å²) in [5.74, 6) is 0.306. The van der Waals surface area contributed by atoms with E-state index in [1.54, 1.807) is 26.2 Å². The van der Waals surface area contributed by atoms with E-state index in [9.17, 15) is 9.59 Å². The average molecular weight is 394 g/mol. The van der Waals surface area contributed by atoms with Crippen LogP contribution in [-0.4, -0.2) is 32.1 Å². The molecule has 0 bridgehead atoms. The predicted octanol–water partition coefficient (Wildman–Crippen LogP) is 3.69. The topological polar surface area (TPSA) is 76.7 Å². The van der Waals surface area contributed by atoms with E-state index in [1.165, 1.54) is 0 Å². The molecule has 0 unspecified atom stereocenters. The second-order valence-electron chi connectivity index (χ2n) is 6.70. The highest BCUT2D eigenvalue weighted by atomic mass is 16.5. The normalized spacial score (nSPS) is 14.3. The van der Waals surface area contributed by atoms with Crippen LogP contribution in [0.3, 0.4) is 0 Å². The first-order valence-corrected chi connectivity index (χ1v) is 9.78. The fourth-order valence-electron chi connectivity index (χ4n) is 3.32. The number of hydrogen-bond acceptors (Lipinski definition) is 5. The van der Waals surface area contributed by atoms with Crippen LogP contribution in [0.4, 0.5) is 5.69 Å². The molecule has 0 atom stereocenters. The highest BCUT2D eigenvalue weighted by Crippen LogP contribution is 2.31. The van der Waals surface area contributed by atoms with Crippen molar-refractivity contribution in [2.45, 2.75) is 26.2 Å². The molecule has 2 aromatic rings. The molecule has 1 aliphatic rings. The first-order valence-electron chi connectivity index (χ1n) is 9.78. The smallest absolute Gasteiger partial charge is 0.335 e. The molecule has 0 radical (unpaired) electrons. The van der Waals surface area contributed by atoms with E-state index in [0.717, 1.165) is 29.1 Å². The Bertz CT molecular complexity index is 906. The van der Waals surface area contributed by atoms with Crippen molar-refractivity contribution in [3.05, 3.63) is 70.9 Å². The lowest BCUT2D eigenvalue weighted by Crippen LogP contribution is -2.27. The fourth-order valence-corrected chi connectivity index (χ4v) is 3.32. The van der Waals surface area contributed by atoms with Gasteiger partial charge in [-0.25, -0.2) is 4.79 Å². The van der Waals surface area contributed by atoms with E-state index < -0.39 is 0 Å². The number of ether oxygens (including phenoxy) is 2. The Labute approximate surface area is 170 Å². The number of carbonyl (C=O) groups is 2. The number of nitrogens with one attached hydrogen (secondary N) is 2. The molecule has 2 aromatic carbocycles. The Kier molecular flexibility index (Phi) is 6.89. The van der Waals surface area contributed by atoms with E-state index in [0.29, 0.717) is 37.1 Å². The lowest BCUT2D eigenvalue weighted by atomic mass is 9.97. The maximum Gasteiger partial charge on any atom is 0.335 e. The molecule has 1 heterocycles. The zero-order chi connectivity index (χ0) is 20.6. The summed E-state index contributed by atoms with van der Waals surface area (Å²) in [7, 11) is 1.64. The van der Waals surface area contributed by atoms with Crippen LogP contribution in [0.2, 0.25) is 0 Å². The van der Waals surface area contributed by atoms with Crippen LogP contribution in [0.15, 0.2) is 59.8 Å². The molecule has 1 aliphatic heterocycles. The minimum absolute atomic E-state index is 0.159. The molecule has 0 aromatic heterocycles. The second-order valence-corrected chi connectivity index (χ2v) is 6.70. The van der Waals surface area contributed by atoms with Gasteiger partial charge < -0.3 is 20.1 Å². The lowest BCUT2D eigenvalue weighted by molar-refractivity contribution is -0.138. The number of aryl methyl sites for hydroxylation is 1. The van der Waals surface area contributed by atoms with Gasteiger partial charge in [-0.1, -0.05) is 18.2 Å². The van der Waals surface area contributed by atoms with Crippen molar-refractivity contribution >= 4 is 17.6 Å². The third kappa shape index (κ3) is 5.16. The number of hydrogen-bond donors (Lipinski definition) is 2. The summed E-state index contributed by atoms with van der Waals surface area (Å²) in [6.45, 7) is 2.44. The van der Waals surface area contributed by atoms with Gasteiger partial charge in [-0.15, -0.1) is 0 Å². The summed E-state index contributed by atoms with van der Waals surface area (Å²) in [5.41, 5.74) is 4.11. The summed E-state index contributed by atoms with van der Waals surface area (Å²) in [4.78, 5) is 24.8. The second kappa shape index (κ2) is 9.78. The Morgan fingerprint density at radius 3 is 2.62 bits per heavy atom. The van der Waals surface area contributed by atoms with Crippen LogP contribution in [0, 0.1) is 0 Å². The summed E-state index contributed by atoms with van der Waals surface area (Å²) < 4.78 is 10.5. The Morgan fingerprint density at radius 2 is 1.90 bits per heavy atom. The van der Waals surface area contributed by atoms with E-state index in [1.807, 2.05) is 36.4 Å². The van der Waals surface area contributed by atoms with Gasteiger partial charge in [0.15, 0.2) is 0 Å². The minimum atomic E-state index is -0.346. The Hall–Kier alpha value is -3.28. The third-order valence-corrected chi connectivity index (χ3v) is 4.82. The van der Waals surface area contributed by atoms with Crippen molar-refractivity contribution in [3.63, 3.8) is 0 Å². The SMILES string of the molecule is CCOC(=O)/C(CCNC(=O)c1ccccc1)=C1\CCc2cc(OC)ccc2N1. The lowest BCUT2D eigenvalue weighted by Gasteiger charge is -2.24. The van der Waals surface area contributed by atoms with Gasteiger partial charge in [-0.05, 0) is 62.1 Å². The standard InChI is InChI=1S/C23H26N2O4/c1-3-29-23(27)19(13-14-24-22(26)16-7-5-4-6-8-16)21-11-9-17-15-18(28-2)10-12-20(17)25-21/h4-8,10,12,15,25H,3,9,11,13-14H2,1-2H3,(H,24,26)/b21-19+. The van der Waals surface area contributed by atoms with Gasteiger partial charge in [0.1, 0.15) is 5.75 Å². The number of carbonyl (C=O) groups excluding carboxylic acids is 2. The van der Waals surface area contributed by atoms with Crippen LogP contribution < -0.4 is 15.4 Å². The third-order valence-electron chi connectivity index (χ3n) is 4.82. The zero-order valence-corrected chi connectivity index (χ0v) is 16.8. The molecule has 0 saturated heterocycles. The monoisotopic (exact) mass is 394 g/mol. The first kappa shape index (κ1) is 20.5. The Balaban J connectivity index is 1.73. The van der Waals surface area contributed by atoms with E-state index in [4.69, 9.17) is 9.47 Å². The van der Waals surface area contributed by atoms with E-state index in [-0.39, 0.29) is 11.9 Å². The number of esters is 1. The molecular weight excluding hydrogens is 368 g/mol. The van der Waals surface area contributed by atoms with Gasteiger partial charge in [0, 0.05) is 23.5 Å². The van der Waals surface area contributed by atoms with Gasteiger partial charge in [0.2, 0.25) is 0 Å². The van der Waals surface area contributed by atoms with Gasteiger partial charge in [-0.3, -0.25) is 4.79 Å². The molecule has 152 valence electrons. The molecule has 29 heavy (non-hydrogen) atoms. The molecule has 0 fully saturated rings. The molecule has 6 nitrogen and oxygen atoms in total. The Morgan fingerprint density at radius 1 is 1.10 bits per heavy atom. The largest absolute Gasteiger partial charge is 0.497 e. The highest BCUT2D eigenvalue weighted by Gasteiger charge is 2.21. The van der Waals surface area contributed by atoms with Crippen LogP contribution in [-0.2, 0) is 16.0 Å². The molecule has 0 spiro atoms. The maximum absolute atomic E-state index is 12.5. The number of anilines is 1.